The maximum Gasteiger partial charge on any atom is 0.309 e. The van der Waals surface area contributed by atoms with Crippen molar-refractivity contribution in [2.45, 2.75) is 0 Å². The highest BCUT2D eigenvalue weighted by Gasteiger charge is 1.60. The first-order valence-electron chi connectivity index (χ1n) is 2.07. The average molecular weight is 63.1 g/mol. The van der Waals surface area contributed by atoms with Crippen LogP contribution in [-0.2, 0) is 0 Å². The summed E-state index contributed by atoms with van der Waals surface area (Å²) in [5.41, 5.74) is 1.11. The SMILES string of the molecule is [2H]NC(=O)N([2H])[2H]. The van der Waals surface area contributed by atoms with Crippen LogP contribution in [0.4, 0.5) is 4.79 Å². The van der Waals surface area contributed by atoms with E-state index >= 15 is 0 Å². The minimum atomic E-state index is -1.07. The Morgan fingerprint density at radius 3 is 3.00 bits per heavy atom. The second kappa shape index (κ2) is 0.711. The van der Waals surface area contributed by atoms with E-state index in [9.17, 15) is 4.79 Å². The number of rotatable bonds is 0. The van der Waals surface area contributed by atoms with E-state index in [1.54, 1.807) is 0 Å². The van der Waals surface area contributed by atoms with Crippen molar-refractivity contribution >= 4 is 6.03 Å². The highest BCUT2D eigenvalue weighted by molar-refractivity contribution is 5.69. The summed E-state index contributed by atoms with van der Waals surface area (Å²) < 4.78 is 18.4. The molecule has 0 bridgehead atoms. The first-order chi connectivity index (χ1) is 3.18. The average Bonchev–Trinajstić information content (AvgIpc) is 1.65. The van der Waals surface area contributed by atoms with E-state index in [1.165, 1.54) is 5.73 Å². The van der Waals surface area contributed by atoms with Gasteiger partial charge in [0.15, 0.2) is 4.24 Å². The van der Waals surface area contributed by atoms with Crippen molar-refractivity contribution in [1.29, 1.82) is 0 Å². The van der Waals surface area contributed by atoms with Crippen molar-refractivity contribution in [2.75, 3.05) is 0 Å². The van der Waals surface area contributed by atoms with Gasteiger partial charge in [0.1, 0.15) is 0 Å². The van der Waals surface area contributed by atoms with Gasteiger partial charge in [-0.15, -0.1) is 0 Å². The summed E-state index contributed by atoms with van der Waals surface area (Å²) in [6.07, 6.45) is 0. The smallest absolute Gasteiger partial charge is 0.309 e. The fourth-order valence-electron chi connectivity index (χ4n) is 0. The number of carbonyl (C=O) groups is 1. The van der Waals surface area contributed by atoms with Crippen LogP contribution in [0.2, 0.25) is 4.24 Å². The van der Waals surface area contributed by atoms with Crippen LogP contribution in [0.25, 0.3) is 0 Å². The molecule has 0 atom stereocenters. The number of hydrogen-bond acceptors (Lipinski definition) is 1. The van der Waals surface area contributed by atoms with Gasteiger partial charge < -0.3 is 11.4 Å². The summed E-state index contributed by atoms with van der Waals surface area (Å²) in [6.45, 7) is 0. The van der Waals surface area contributed by atoms with Crippen LogP contribution in [0, 0.1) is 0 Å². The molecule has 0 fully saturated rings. The molecule has 0 aliphatic heterocycles. The van der Waals surface area contributed by atoms with Gasteiger partial charge in [0.25, 0.3) is 0 Å². The van der Waals surface area contributed by atoms with Gasteiger partial charge in [0.2, 0.25) is 0 Å². The Morgan fingerprint density at radius 2 is 3.00 bits per heavy atom. The second-order valence-corrected chi connectivity index (χ2v) is 0.305. The van der Waals surface area contributed by atoms with Crippen LogP contribution in [0.15, 0.2) is 0 Å². The summed E-state index contributed by atoms with van der Waals surface area (Å²) in [7, 11) is 0. The van der Waals surface area contributed by atoms with Gasteiger partial charge in [-0.2, -0.15) is 0 Å². The van der Waals surface area contributed by atoms with Gasteiger partial charge in [-0.25, -0.2) is 4.79 Å². The normalized spacial score (nSPS) is 14.5. The highest BCUT2D eigenvalue weighted by atomic mass is 16.2. The Bertz CT molecular complexity index is 73.3. The third-order valence-corrected chi connectivity index (χ3v) is 0. The van der Waals surface area contributed by atoms with Gasteiger partial charge in [-0.1, -0.05) is 0 Å². The maximum absolute atomic E-state index is 9.76. The zero-order valence-electron chi connectivity index (χ0n) is 4.86. The van der Waals surface area contributed by atoms with E-state index in [0.717, 1.165) is 0 Å². The lowest BCUT2D eigenvalue weighted by molar-refractivity contribution is 0.256. The first-order valence-corrected chi connectivity index (χ1v) is 0.678. The van der Waals surface area contributed by atoms with Crippen molar-refractivity contribution in [1.82, 2.24) is 0 Å². The second-order valence-electron chi connectivity index (χ2n) is 0.305. The minimum Gasteiger partial charge on any atom is -0.352 e. The van der Waals surface area contributed by atoms with E-state index in [2.05, 4.69) is 0 Å². The number of carbonyl (C=O) groups excluding carboxylic acids is 1. The fourth-order valence-corrected chi connectivity index (χ4v) is 0. The molecule has 3 nitrogen and oxygen atoms in total. The molecule has 4 heavy (non-hydrogen) atoms. The predicted octanol–water partition coefficient (Wildman–Crippen LogP) is -0.976. The summed E-state index contributed by atoms with van der Waals surface area (Å²) in [5, 5.41) is 0. The highest BCUT2D eigenvalue weighted by Crippen LogP contribution is 1.25. The van der Waals surface area contributed by atoms with Gasteiger partial charge in [0.05, 0.1) is 0 Å². The maximum atomic E-state index is 9.76. The first kappa shape index (κ1) is 0.607. The van der Waals surface area contributed by atoms with Crippen molar-refractivity contribution in [2.24, 2.45) is 11.4 Å². The summed E-state index contributed by atoms with van der Waals surface area (Å²) >= 11 is 0. The third kappa shape index (κ3) is 0.174. The van der Waals surface area contributed by atoms with Crippen LogP contribution in [0.5, 0.6) is 0 Å². The van der Waals surface area contributed by atoms with Crippen LogP contribution in [0.3, 0.4) is 0 Å². The van der Waals surface area contributed by atoms with Gasteiger partial charge in [-0.3, -0.25) is 0 Å². The molecule has 0 aliphatic carbocycles. The molecule has 0 saturated heterocycles. The van der Waals surface area contributed by atoms with Crippen LogP contribution in [0.1, 0.15) is 0 Å². The number of primary amides is 2. The van der Waals surface area contributed by atoms with E-state index in [1.807, 2.05) is 0 Å². The fraction of sp³-hybridized carbons (Fsp3) is 0. The molecular formula is CH4N2O. The monoisotopic (exact) mass is 63.1 g/mol. The third-order valence-electron chi connectivity index (χ3n) is 0. The predicted molar refractivity (Wildman–Crippen MR) is 13.8 cm³/mol. The number of hydrogen-bond donors (Lipinski definition) is 2. The van der Waals surface area contributed by atoms with Crippen LogP contribution >= 0.6 is 0 Å². The number of amides is 2. The minimum absolute atomic E-state index is 0.215. The van der Waals surface area contributed by atoms with Gasteiger partial charge >= 0.3 is 6.03 Å². The van der Waals surface area contributed by atoms with E-state index in [0.29, 0.717) is 0 Å². The molecule has 0 aromatic heterocycles. The zero-order chi connectivity index (χ0) is 5.86. The standard InChI is InChI=1S/CH4N2O/c2-1(3)4/h(H4,2,3,4)/i/hD3. The van der Waals surface area contributed by atoms with E-state index < -0.39 is 6.03 Å². The molecule has 3 heteroatoms. The molecule has 0 unspecified atom stereocenters. The van der Waals surface area contributed by atoms with Crippen LogP contribution in [-0.4, -0.2) is 6.03 Å². The topological polar surface area (TPSA) is 69.1 Å². The van der Waals surface area contributed by atoms with Gasteiger partial charge in [-0.05, 0) is 0 Å². The molecule has 0 spiro atoms. The molecule has 0 saturated carbocycles. The van der Waals surface area contributed by atoms with Crippen molar-refractivity contribution < 1.29 is 9.03 Å². The molecule has 0 aromatic carbocycles. The Balaban J connectivity index is 3.35. The summed E-state index contributed by atoms with van der Waals surface area (Å²) in [5.74, 6) is 0. The Morgan fingerprint density at radius 1 is 2.25 bits per heavy atom. The molecule has 0 aliphatic rings. The Labute approximate surface area is 28.0 Å². The molecule has 24 valence electrons. The number of nitrogens with two attached hydrogens (primary N) is 2. The van der Waals surface area contributed by atoms with E-state index in [-0.39, 0.29) is 5.72 Å². The largest absolute Gasteiger partial charge is 0.352 e. The lowest BCUT2D eigenvalue weighted by atomic mass is 11.2. The van der Waals surface area contributed by atoms with E-state index in [4.69, 9.17) is 4.24 Å². The summed E-state index contributed by atoms with van der Waals surface area (Å²) in [4.78, 5) is 9.76. The molecule has 0 aromatic rings. The van der Waals surface area contributed by atoms with Gasteiger partial charge in [0, 0.05) is 0 Å². The molecule has 4 N–H and O–H groups in total. The van der Waals surface area contributed by atoms with Crippen molar-refractivity contribution in [3.05, 3.63) is 0 Å². The molecular weight excluding hydrogens is 56.0 g/mol. The zero-order valence-corrected chi connectivity index (χ0v) is 1.86. The lowest BCUT2D eigenvalue weighted by Gasteiger charge is -1.62. The molecule has 0 rings (SSSR count). The van der Waals surface area contributed by atoms with Crippen LogP contribution < -0.4 is 11.4 Å². The van der Waals surface area contributed by atoms with Crippen molar-refractivity contribution in [3.8, 4) is 0 Å². The molecule has 2 amide bonds. The summed E-state index contributed by atoms with van der Waals surface area (Å²) in [6, 6.07) is -1.07. The Hall–Kier alpha value is -0.730. The molecule has 0 heterocycles. The van der Waals surface area contributed by atoms with Crippen molar-refractivity contribution in [3.63, 3.8) is 0 Å². The Kier molecular flexibility index (Phi) is 0.108. The molecule has 0 radical (unpaired) electrons. The lowest BCUT2D eigenvalue weighted by Crippen LogP contribution is -2.18. The number of urea groups is 1. The quantitative estimate of drug-likeness (QED) is 0.373.